The van der Waals surface area contributed by atoms with E-state index in [1.807, 2.05) is 0 Å². The highest BCUT2D eigenvalue weighted by Gasteiger charge is 2.58. The lowest BCUT2D eigenvalue weighted by atomic mass is 9.92. The third-order valence-corrected chi connectivity index (χ3v) is 6.41. The zero-order chi connectivity index (χ0) is 25.5. The fourth-order valence-electron chi connectivity index (χ4n) is 4.26. The highest BCUT2D eigenvalue weighted by Crippen LogP contribution is 2.38. The van der Waals surface area contributed by atoms with Crippen LogP contribution in [-0.2, 0) is 23.7 Å². The number of ether oxygens (including phenoxy) is 5. The summed E-state index contributed by atoms with van der Waals surface area (Å²) in [5.74, 6) is -2.16. The van der Waals surface area contributed by atoms with Gasteiger partial charge in [-0.25, -0.2) is 0 Å². The lowest BCUT2D eigenvalue weighted by Crippen LogP contribution is -2.70. The molecular formula is C19H34O15. The summed E-state index contributed by atoms with van der Waals surface area (Å²) in [6.45, 7) is 1.05. The fourth-order valence-corrected chi connectivity index (χ4v) is 4.26. The summed E-state index contributed by atoms with van der Waals surface area (Å²) in [5.41, 5.74) is 0. The van der Waals surface area contributed by atoms with Crippen molar-refractivity contribution in [3.8, 4) is 0 Å². The Bertz CT molecular complexity index is 668. The van der Waals surface area contributed by atoms with Crippen LogP contribution in [0.2, 0.25) is 0 Å². The van der Waals surface area contributed by atoms with Gasteiger partial charge in [0.1, 0.15) is 67.1 Å². The predicted octanol–water partition coefficient (Wildman–Crippen LogP) is -6.16. The standard InChI is InChI=1S/C19H34O15/c1-5-8(22)11(25)14(28)17(30-5)32-16-13(27)10(24)7(4-21)33-19(16,2)34-18-15(29)12(26)9(23)6(3-20)31-18/h5-18,20-29H,3-4H2,1-2H3. The molecule has 0 aromatic rings. The van der Waals surface area contributed by atoms with Gasteiger partial charge in [-0.05, 0) is 13.8 Å². The van der Waals surface area contributed by atoms with Crippen LogP contribution in [0.4, 0.5) is 0 Å². The maximum absolute atomic E-state index is 10.7. The van der Waals surface area contributed by atoms with E-state index in [4.69, 9.17) is 23.7 Å². The van der Waals surface area contributed by atoms with Crippen LogP contribution in [0.1, 0.15) is 13.8 Å². The second-order valence-corrected chi connectivity index (χ2v) is 8.89. The van der Waals surface area contributed by atoms with E-state index in [9.17, 15) is 51.1 Å². The van der Waals surface area contributed by atoms with Crippen molar-refractivity contribution in [2.24, 2.45) is 0 Å². The van der Waals surface area contributed by atoms with E-state index in [0.29, 0.717) is 0 Å². The topological polar surface area (TPSA) is 248 Å². The van der Waals surface area contributed by atoms with Crippen molar-refractivity contribution in [2.45, 2.75) is 105 Å². The van der Waals surface area contributed by atoms with E-state index in [2.05, 4.69) is 0 Å². The molecule has 3 rings (SSSR count). The Morgan fingerprint density at radius 3 is 1.76 bits per heavy atom. The Morgan fingerprint density at radius 2 is 1.18 bits per heavy atom. The van der Waals surface area contributed by atoms with Crippen molar-refractivity contribution in [3.63, 3.8) is 0 Å². The number of hydrogen-bond acceptors (Lipinski definition) is 15. The molecule has 15 atom stereocenters. The Morgan fingerprint density at radius 1 is 0.647 bits per heavy atom. The van der Waals surface area contributed by atoms with Crippen molar-refractivity contribution in [1.29, 1.82) is 0 Å². The first-order chi connectivity index (χ1) is 15.9. The van der Waals surface area contributed by atoms with E-state index < -0.39 is 105 Å². The van der Waals surface area contributed by atoms with Crippen LogP contribution in [0.15, 0.2) is 0 Å². The third-order valence-electron chi connectivity index (χ3n) is 6.41. The molecule has 3 aliphatic rings. The molecule has 3 saturated heterocycles. The average Bonchev–Trinajstić information content (AvgIpc) is 2.81. The van der Waals surface area contributed by atoms with Gasteiger partial charge in [-0.1, -0.05) is 0 Å². The molecule has 0 spiro atoms. The smallest absolute Gasteiger partial charge is 0.198 e. The number of hydrogen-bond donors (Lipinski definition) is 10. The largest absolute Gasteiger partial charge is 0.394 e. The summed E-state index contributed by atoms with van der Waals surface area (Å²) < 4.78 is 27.6. The van der Waals surface area contributed by atoms with Crippen LogP contribution < -0.4 is 0 Å². The van der Waals surface area contributed by atoms with Gasteiger partial charge >= 0.3 is 0 Å². The van der Waals surface area contributed by atoms with Gasteiger partial charge in [0, 0.05) is 0 Å². The summed E-state index contributed by atoms with van der Waals surface area (Å²) >= 11 is 0. The summed E-state index contributed by atoms with van der Waals surface area (Å²) in [7, 11) is 0. The van der Waals surface area contributed by atoms with Gasteiger partial charge in [0.2, 0.25) is 0 Å². The van der Waals surface area contributed by atoms with E-state index in [1.165, 1.54) is 13.8 Å². The molecule has 0 bridgehead atoms. The molecule has 3 heterocycles. The van der Waals surface area contributed by atoms with E-state index in [-0.39, 0.29) is 0 Å². The lowest BCUT2D eigenvalue weighted by Gasteiger charge is -2.52. The van der Waals surface area contributed by atoms with Gasteiger partial charge in [-0.15, -0.1) is 0 Å². The maximum atomic E-state index is 10.7. The zero-order valence-electron chi connectivity index (χ0n) is 18.5. The van der Waals surface area contributed by atoms with Crippen LogP contribution in [-0.4, -0.2) is 156 Å². The molecule has 0 aliphatic carbocycles. The van der Waals surface area contributed by atoms with Crippen LogP contribution in [0.5, 0.6) is 0 Å². The molecule has 34 heavy (non-hydrogen) atoms. The summed E-state index contributed by atoms with van der Waals surface area (Å²) in [6, 6.07) is 0. The molecule has 15 unspecified atom stereocenters. The highest BCUT2D eigenvalue weighted by atomic mass is 16.8. The normalized spacial score (nSPS) is 54.7. The Labute approximate surface area is 194 Å². The molecule has 15 nitrogen and oxygen atoms in total. The monoisotopic (exact) mass is 502 g/mol. The second kappa shape index (κ2) is 10.8. The van der Waals surface area contributed by atoms with Crippen molar-refractivity contribution in [1.82, 2.24) is 0 Å². The second-order valence-electron chi connectivity index (χ2n) is 8.89. The Kier molecular flexibility index (Phi) is 8.88. The van der Waals surface area contributed by atoms with Crippen molar-refractivity contribution >= 4 is 0 Å². The molecule has 15 heteroatoms. The molecule has 200 valence electrons. The van der Waals surface area contributed by atoms with Gasteiger partial charge in [0.05, 0.1) is 19.3 Å². The maximum Gasteiger partial charge on any atom is 0.198 e. The lowest BCUT2D eigenvalue weighted by molar-refractivity contribution is -0.436. The number of aliphatic hydroxyl groups is 10. The molecule has 0 aromatic carbocycles. The van der Waals surface area contributed by atoms with Gasteiger partial charge < -0.3 is 74.7 Å². The minimum absolute atomic E-state index is 0.747. The van der Waals surface area contributed by atoms with Crippen LogP contribution >= 0.6 is 0 Å². The Hall–Kier alpha value is -0.600. The van der Waals surface area contributed by atoms with E-state index in [1.54, 1.807) is 0 Å². The first-order valence-electron chi connectivity index (χ1n) is 10.8. The zero-order valence-corrected chi connectivity index (χ0v) is 18.5. The van der Waals surface area contributed by atoms with Crippen molar-refractivity contribution < 1.29 is 74.7 Å². The summed E-state index contributed by atoms with van der Waals surface area (Å²) in [6.07, 6.45) is -22.6. The van der Waals surface area contributed by atoms with E-state index in [0.717, 1.165) is 0 Å². The predicted molar refractivity (Wildman–Crippen MR) is 104 cm³/mol. The van der Waals surface area contributed by atoms with Crippen LogP contribution in [0.3, 0.4) is 0 Å². The van der Waals surface area contributed by atoms with Gasteiger partial charge in [0.15, 0.2) is 18.4 Å². The summed E-state index contributed by atoms with van der Waals surface area (Å²) in [4.78, 5) is 0. The van der Waals surface area contributed by atoms with Crippen molar-refractivity contribution in [2.75, 3.05) is 13.2 Å². The molecular weight excluding hydrogens is 468 g/mol. The molecule has 3 fully saturated rings. The van der Waals surface area contributed by atoms with Gasteiger partial charge in [-0.3, -0.25) is 0 Å². The third kappa shape index (κ3) is 5.10. The average molecular weight is 502 g/mol. The highest BCUT2D eigenvalue weighted by molar-refractivity contribution is 4.99. The van der Waals surface area contributed by atoms with Crippen LogP contribution in [0, 0.1) is 0 Å². The quantitative estimate of drug-likeness (QED) is 0.162. The molecule has 3 aliphatic heterocycles. The molecule has 0 radical (unpaired) electrons. The first-order valence-corrected chi connectivity index (χ1v) is 10.8. The fraction of sp³-hybridized carbons (Fsp3) is 1.00. The van der Waals surface area contributed by atoms with Gasteiger partial charge in [-0.2, -0.15) is 0 Å². The Balaban J connectivity index is 1.88. The minimum Gasteiger partial charge on any atom is -0.394 e. The van der Waals surface area contributed by atoms with Crippen molar-refractivity contribution in [3.05, 3.63) is 0 Å². The molecule has 10 N–H and O–H groups in total. The minimum atomic E-state index is -2.16. The number of rotatable bonds is 6. The van der Waals surface area contributed by atoms with Crippen LogP contribution in [0.25, 0.3) is 0 Å². The molecule has 0 saturated carbocycles. The molecule has 0 amide bonds. The van der Waals surface area contributed by atoms with E-state index >= 15 is 0 Å². The summed E-state index contributed by atoms with van der Waals surface area (Å²) in [5, 5.41) is 101. The first kappa shape index (κ1) is 28.0. The van der Waals surface area contributed by atoms with Gasteiger partial charge in [0.25, 0.3) is 0 Å². The molecule has 0 aromatic heterocycles. The SMILES string of the molecule is CC1OC(OC2C(O)C(O)C(CO)OC2(C)OC2OC(CO)C(O)C(O)C2O)C(O)C(O)C1O. The number of aliphatic hydroxyl groups excluding tert-OH is 10.